The fourth-order valence-corrected chi connectivity index (χ4v) is 3.71. The van der Waals surface area contributed by atoms with Crippen LogP contribution in [0.4, 0.5) is 5.69 Å². The fraction of sp³-hybridized carbons (Fsp3) is 0.138. The Hall–Kier alpha value is -5.63. The molecule has 1 aliphatic heterocycles. The monoisotopic (exact) mass is 537 g/mol. The molecule has 11 nitrogen and oxygen atoms in total. The average Bonchev–Trinajstić information content (AvgIpc) is 2.97. The number of hydrogen-bond acceptors (Lipinski definition) is 9. The van der Waals surface area contributed by atoms with Crippen LogP contribution in [-0.2, 0) is 11.4 Å². The van der Waals surface area contributed by atoms with Crippen LogP contribution >= 0.6 is 0 Å². The van der Waals surface area contributed by atoms with Crippen LogP contribution in [0.3, 0.4) is 0 Å². The van der Waals surface area contributed by atoms with E-state index in [4.69, 9.17) is 18.9 Å². The van der Waals surface area contributed by atoms with Gasteiger partial charge < -0.3 is 29.2 Å². The van der Waals surface area contributed by atoms with Gasteiger partial charge in [-0.2, -0.15) is 15.2 Å². The topological polar surface area (TPSA) is 136 Å². The lowest BCUT2D eigenvalue weighted by molar-refractivity contribution is -0.118. The van der Waals surface area contributed by atoms with Crippen LogP contribution in [0.1, 0.15) is 21.5 Å². The number of benzene rings is 3. The molecule has 1 aromatic heterocycles. The number of aromatic nitrogens is 2. The summed E-state index contributed by atoms with van der Waals surface area (Å²) in [5, 5.41) is 12.1. The lowest BCUT2D eigenvalue weighted by Gasteiger charge is -2.20. The van der Waals surface area contributed by atoms with Crippen LogP contribution in [0.5, 0.6) is 35.0 Å². The van der Waals surface area contributed by atoms with Gasteiger partial charge in [0.25, 0.3) is 17.7 Å². The van der Waals surface area contributed by atoms with Gasteiger partial charge in [-0.05, 0) is 35.9 Å². The summed E-state index contributed by atoms with van der Waals surface area (Å²) in [6.07, 6.45) is 0. The average molecular weight is 538 g/mol. The predicted octanol–water partition coefficient (Wildman–Crippen LogP) is 4.54. The first-order valence-corrected chi connectivity index (χ1v) is 12.1. The largest absolute Gasteiger partial charge is 0.485 e. The van der Waals surface area contributed by atoms with Gasteiger partial charge in [0, 0.05) is 25.7 Å². The number of carbonyl (C=O) groups excluding carboxylic acids is 2. The molecule has 4 aromatic rings. The highest BCUT2D eigenvalue weighted by molar-refractivity contribution is 5.96. The Morgan fingerprint density at radius 1 is 1.02 bits per heavy atom. The van der Waals surface area contributed by atoms with E-state index < -0.39 is 5.91 Å². The number of nitrogens with one attached hydrogen (secondary N) is 1. The molecule has 40 heavy (non-hydrogen) atoms. The van der Waals surface area contributed by atoms with Crippen LogP contribution in [-0.4, -0.2) is 47.4 Å². The molecule has 0 atom stereocenters. The van der Waals surface area contributed by atoms with Crippen molar-refractivity contribution in [1.82, 2.24) is 14.9 Å². The van der Waals surface area contributed by atoms with Crippen molar-refractivity contribution in [3.63, 3.8) is 0 Å². The second-order valence-corrected chi connectivity index (χ2v) is 8.81. The summed E-state index contributed by atoms with van der Waals surface area (Å²) in [5.41, 5.74) is 1.76. The zero-order chi connectivity index (χ0) is 28.1. The molecule has 2 heterocycles. The summed E-state index contributed by atoms with van der Waals surface area (Å²) in [6.45, 7) is -0.00767. The van der Waals surface area contributed by atoms with Crippen molar-refractivity contribution in [2.75, 3.05) is 26.0 Å². The number of carbonyl (C=O) groups is 2. The second-order valence-electron chi connectivity index (χ2n) is 8.81. The standard InChI is InChI=1S/C29H23N5O6/c1-34(2)28(36)20-9-6-10-21(14-20)39-29-32-26-25(31-24(35)17-38-26)27(33-29)40-23-13-19(15-30)11-12-22(23)37-16-18-7-4-3-5-8-18/h3-14H,16-17H2,1-2H3,(H,31,35). The fourth-order valence-electron chi connectivity index (χ4n) is 3.71. The summed E-state index contributed by atoms with van der Waals surface area (Å²) in [6, 6.07) is 22.7. The zero-order valence-electron chi connectivity index (χ0n) is 21.6. The van der Waals surface area contributed by atoms with Crippen LogP contribution in [0.15, 0.2) is 72.8 Å². The maximum Gasteiger partial charge on any atom is 0.328 e. The molecule has 0 unspecified atom stereocenters. The lowest BCUT2D eigenvalue weighted by Crippen LogP contribution is -2.26. The van der Waals surface area contributed by atoms with E-state index in [-0.39, 0.29) is 48.3 Å². The van der Waals surface area contributed by atoms with Gasteiger partial charge in [-0.1, -0.05) is 36.4 Å². The van der Waals surface area contributed by atoms with E-state index in [1.807, 2.05) is 30.3 Å². The summed E-state index contributed by atoms with van der Waals surface area (Å²) < 4.78 is 23.4. The van der Waals surface area contributed by atoms with Gasteiger partial charge in [0.1, 0.15) is 12.4 Å². The molecule has 0 fully saturated rings. The van der Waals surface area contributed by atoms with E-state index >= 15 is 0 Å². The van der Waals surface area contributed by atoms with Crippen molar-refractivity contribution in [2.24, 2.45) is 0 Å². The van der Waals surface area contributed by atoms with E-state index in [1.54, 1.807) is 50.5 Å². The van der Waals surface area contributed by atoms with E-state index in [9.17, 15) is 14.9 Å². The van der Waals surface area contributed by atoms with Crippen LogP contribution in [0.25, 0.3) is 0 Å². The molecule has 0 saturated heterocycles. The smallest absolute Gasteiger partial charge is 0.328 e. The Balaban J connectivity index is 1.49. The van der Waals surface area contributed by atoms with Gasteiger partial charge >= 0.3 is 6.01 Å². The van der Waals surface area contributed by atoms with Crippen LogP contribution in [0.2, 0.25) is 0 Å². The lowest BCUT2D eigenvalue weighted by atomic mass is 10.2. The minimum atomic E-state index is -0.421. The van der Waals surface area contributed by atoms with Gasteiger partial charge in [0.15, 0.2) is 23.8 Å². The molecule has 0 spiro atoms. The van der Waals surface area contributed by atoms with Gasteiger partial charge in [0.05, 0.1) is 11.6 Å². The SMILES string of the molecule is CN(C)C(=O)c1cccc(Oc2nc3c(c(Oc4cc(C#N)ccc4OCc4ccccc4)n2)NC(=O)CO3)c1. The minimum absolute atomic E-state index is 0.0308. The molecule has 1 aliphatic rings. The predicted molar refractivity (Wildman–Crippen MR) is 143 cm³/mol. The molecule has 2 amide bonds. The van der Waals surface area contributed by atoms with E-state index in [2.05, 4.69) is 21.4 Å². The summed E-state index contributed by atoms with van der Waals surface area (Å²) in [7, 11) is 3.30. The van der Waals surface area contributed by atoms with Crippen molar-refractivity contribution >= 4 is 17.5 Å². The van der Waals surface area contributed by atoms with E-state index in [1.165, 1.54) is 11.0 Å². The van der Waals surface area contributed by atoms with Crippen LogP contribution < -0.4 is 24.3 Å². The normalized spacial score (nSPS) is 11.8. The van der Waals surface area contributed by atoms with Gasteiger partial charge in [-0.15, -0.1) is 0 Å². The van der Waals surface area contributed by atoms with Gasteiger partial charge in [0.2, 0.25) is 5.88 Å². The van der Waals surface area contributed by atoms with Crippen molar-refractivity contribution in [2.45, 2.75) is 6.61 Å². The molecule has 200 valence electrons. The molecular weight excluding hydrogens is 514 g/mol. The molecule has 0 saturated carbocycles. The maximum atomic E-state index is 12.4. The Labute approximate surface area is 229 Å². The third-order valence-electron chi connectivity index (χ3n) is 5.64. The molecule has 3 aromatic carbocycles. The quantitative estimate of drug-likeness (QED) is 0.343. The van der Waals surface area contributed by atoms with Crippen molar-refractivity contribution in [3.8, 4) is 41.1 Å². The first-order valence-electron chi connectivity index (χ1n) is 12.1. The number of hydrogen-bond donors (Lipinski definition) is 1. The van der Waals surface area contributed by atoms with Crippen molar-refractivity contribution in [3.05, 3.63) is 89.5 Å². The molecule has 0 bridgehead atoms. The number of rotatable bonds is 8. The number of nitrogens with zero attached hydrogens (tertiary/aromatic N) is 4. The second kappa shape index (κ2) is 11.4. The number of amides is 2. The number of fused-ring (bicyclic) bond motifs is 1. The molecule has 5 rings (SSSR count). The number of ether oxygens (including phenoxy) is 4. The minimum Gasteiger partial charge on any atom is -0.485 e. The molecule has 0 radical (unpaired) electrons. The highest BCUT2D eigenvalue weighted by Crippen LogP contribution is 2.41. The van der Waals surface area contributed by atoms with E-state index in [0.717, 1.165) is 5.56 Å². The zero-order valence-corrected chi connectivity index (χ0v) is 21.6. The maximum absolute atomic E-state index is 12.4. The Morgan fingerprint density at radius 2 is 1.85 bits per heavy atom. The summed E-state index contributed by atoms with van der Waals surface area (Å²) in [5.74, 6) is 0.146. The van der Waals surface area contributed by atoms with Gasteiger partial charge in [-0.25, -0.2) is 0 Å². The molecule has 11 heteroatoms. The third kappa shape index (κ3) is 5.92. The molecular formula is C29H23N5O6. The van der Waals surface area contributed by atoms with Crippen LogP contribution in [0, 0.1) is 11.3 Å². The highest BCUT2D eigenvalue weighted by Gasteiger charge is 2.26. The summed E-state index contributed by atoms with van der Waals surface area (Å²) >= 11 is 0. The number of nitriles is 1. The summed E-state index contributed by atoms with van der Waals surface area (Å²) in [4.78, 5) is 34.5. The van der Waals surface area contributed by atoms with Gasteiger partial charge in [-0.3, -0.25) is 9.59 Å². The Morgan fingerprint density at radius 3 is 2.62 bits per heavy atom. The Kier molecular flexibility index (Phi) is 7.41. The molecule has 0 aliphatic carbocycles. The number of anilines is 1. The Bertz CT molecular complexity index is 1620. The highest BCUT2D eigenvalue weighted by atomic mass is 16.5. The third-order valence-corrected chi connectivity index (χ3v) is 5.64. The molecule has 1 N–H and O–H groups in total. The first-order chi connectivity index (χ1) is 19.4. The van der Waals surface area contributed by atoms with E-state index in [0.29, 0.717) is 22.6 Å². The van der Waals surface area contributed by atoms with Crippen molar-refractivity contribution in [1.29, 1.82) is 5.26 Å². The van der Waals surface area contributed by atoms with Crippen molar-refractivity contribution < 1.29 is 28.5 Å². The first kappa shape index (κ1) is 26.0.